The zero-order chi connectivity index (χ0) is 16.4. The highest BCUT2D eigenvalue weighted by atomic mass is 19.3. The van der Waals surface area contributed by atoms with Gasteiger partial charge in [-0.05, 0) is 31.6 Å². The van der Waals surface area contributed by atoms with Crippen molar-refractivity contribution in [2.45, 2.75) is 75.9 Å². The Kier molecular flexibility index (Phi) is 4.96. The summed E-state index contributed by atoms with van der Waals surface area (Å²) in [4.78, 5) is 4.46. The van der Waals surface area contributed by atoms with Crippen LogP contribution >= 0.6 is 0 Å². The van der Waals surface area contributed by atoms with Crippen LogP contribution in [0.1, 0.15) is 63.0 Å². The molecule has 0 radical (unpaired) electrons. The van der Waals surface area contributed by atoms with E-state index >= 15 is 0 Å². The minimum atomic E-state index is -2.49. The van der Waals surface area contributed by atoms with Crippen LogP contribution in [0, 0.1) is 5.92 Å². The lowest BCUT2D eigenvalue weighted by atomic mass is 9.91. The summed E-state index contributed by atoms with van der Waals surface area (Å²) in [6, 6.07) is 0.149. The van der Waals surface area contributed by atoms with Gasteiger partial charge in [0.2, 0.25) is 5.92 Å². The summed E-state index contributed by atoms with van der Waals surface area (Å²) in [6.45, 7) is 2.70. The molecule has 23 heavy (non-hydrogen) atoms. The van der Waals surface area contributed by atoms with Crippen LogP contribution in [0.4, 0.5) is 8.78 Å². The van der Waals surface area contributed by atoms with Crippen LogP contribution in [0.5, 0.6) is 0 Å². The minimum absolute atomic E-state index is 0.0303. The van der Waals surface area contributed by atoms with Crippen molar-refractivity contribution >= 4 is 0 Å². The van der Waals surface area contributed by atoms with Crippen molar-refractivity contribution in [2.75, 3.05) is 6.54 Å². The van der Waals surface area contributed by atoms with Gasteiger partial charge in [0.05, 0.1) is 6.10 Å². The Bertz CT molecular complexity index is 512. The molecule has 1 heterocycles. The Morgan fingerprint density at radius 3 is 2.70 bits per heavy atom. The van der Waals surface area contributed by atoms with Gasteiger partial charge in [-0.3, -0.25) is 5.10 Å². The summed E-state index contributed by atoms with van der Waals surface area (Å²) in [5, 5.41) is 20.8. The fraction of sp³-hybridized carbons (Fsp3) is 0.875. The van der Waals surface area contributed by atoms with Gasteiger partial charge in [-0.25, -0.2) is 13.8 Å². The van der Waals surface area contributed by atoms with Crippen molar-refractivity contribution in [2.24, 2.45) is 5.92 Å². The van der Waals surface area contributed by atoms with Crippen LogP contribution in [0.15, 0.2) is 0 Å². The minimum Gasteiger partial charge on any atom is -0.393 e. The molecular formula is C16H26F2N4O. The van der Waals surface area contributed by atoms with Crippen LogP contribution in [0.25, 0.3) is 0 Å². The summed E-state index contributed by atoms with van der Waals surface area (Å²) >= 11 is 0. The monoisotopic (exact) mass is 328 g/mol. The molecule has 1 aromatic rings. The number of alkyl halides is 2. The Morgan fingerprint density at radius 1 is 1.30 bits per heavy atom. The molecule has 0 aromatic carbocycles. The second kappa shape index (κ2) is 6.81. The molecule has 0 aliphatic heterocycles. The quantitative estimate of drug-likeness (QED) is 0.776. The number of nitrogens with one attached hydrogen (secondary N) is 2. The zero-order valence-corrected chi connectivity index (χ0v) is 13.6. The lowest BCUT2D eigenvalue weighted by Crippen LogP contribution is -2.40. The number of hydrogen-bond acceptors (Lipinski definition) is 4. The second-order valence-corrected chi connectivity index (χ2v) is 7.03. The Morgan fingerprint density at radius 2 is 2.04 bits per heavy atom. The lowest BCUT2D eigenvalue weighted by molar-refractivity contribution is -0.0409. The average molecular weight is 328 g/mol. The predicted molar refractivity (Wildman–Crippen MR) is 82.4 cm³/mol. The fourth-order valence-electron chi connectivity index (χ4n) is 3.75. The number of nitrogens with zero attached hydrogens (tertiary/aromatic N) is 2. The van der Waals surface area contributed by atoms with Gasteiger partial charge in [-0.15, -0.1) is 0 Å². The van der Waals surface area contributed by atoms with E-state index in [1.165, 1.54) is 0 Å². The molecule has 0 unspecified atom stereocenters. The molecule has 0 spiro atoms. The largest absolute Gasteiger partial charge is 0.393 e. The maximum Gasteiger partial charge on any atom is 0.248 e. The topological polar surface area (TPSA) is 73.8 Å². The number of H-pyrrole nitrogens is 1. The molecule has 2 aliphatic rings. The van der Waals surface area contributed by atoms with Crippen LogP contribution in [-0.4, -0.2) is 44.9 Å². The van der Waals surface area contributed by atoms with Crippen LogP contribution in [-0.2, 0) is 6.42 Å². The highest BCUT2D eigenvalue weighted by Crippen LogP contribution is 2.37. The third-order valence-electron chi connectivity index (χ3n) is 5.29. The summed E-state index contributed by atoms with van der Waals surface area (Å²) in [6.07, 6.45) is 2.93. The molecule has 0 saturated heterocycles. The van der Waals surface area contributed by atoms with Gasteiger partial charge in [-0.1, -0.05) is 6.92 Å². The third kappa shape index (κ3) is 4.07. The Balaban J connectivity index is 1.47. The van der Waals surface area contributed by atoms with Crippen molar-refractivity contribution in [3.63, 3.8) is 0 Å². The standard InChI is InChI=1S/C16H26F2N4O/c1-2-14-20-15(22-21-14)10-7-11(13(23)8-10)9-19-12-3-5-16(17,18)6-4-12/h10-13,19,23H,2-9H2,1H3,(H,20,21,22)/t10-,11+,13+/m0/s1. The molecule has 1 aromatic heterocycles. The zero-order valence-electron chi connectivity index (χ0n) is 13.6. The van der Waals surface area contributed by atoms with Gasteiger partial charge >= 0.3 is 0 Å². The first-order valence-electron chi connectivity index (χ1n) is 8.67. The second-order valence-electron chi connectivity index (χ2n) is 7.03. The molecule has 0 bridgehead atoms. The van der Waals surface area contributed by atoms with Gasteiger partial charge in [0.1, 0.15) is 5.82 Å². The summed E-state index contributed by atoms with van der Waals surface area (Å²) < 4.78 is 26.3. The number of rotatable bonds is 5. The molecule has 2 fully saturated rings. The van der Waals surface area contributed by atoms with Crippen molar-refractivity contribution in [1.29, 1.82) is 0 Å². The van der Waals surface area contributed by atoms with Gasteiger partial charge in [0.25, 0.3) is 0 Å². The Labute approximate surface area is 135 Å². The lowest BCUT2D eigenvalue weighted by Gasteiger charge is -2.30. The normalized spacial score (nSPS) is 31.6. The van der Waals surface area contributed by atoms with E-state index in [-0.39, 0.29) is 36.8 Å². The van der Waals surface area contributed by atoms with E-state index < -0.39 is 5.92 Å². The van der Waals surface area contributed by atoms with Gasteiger partial charge in [0, 0.05) is 37.8 Å². The van der Waals surface area contributed by atoms with Crippen LogP contribution < -0.4 is 5.32 Å². The van der Waals surface area contributed by atoms with Crippen molar-refractivity contribution in [1.82, 2.24) is 20.5 Å². The van der Waals surface area contributed by atoms with Gasteiger partial charge < -0.3 is 10.4 Å². The molecule has 3 atom stereocenters. The van der Waals surface area contributed by atoms with E-state index in [2.05, 4.69) is 20.5 Å². The van der Waals surface area contributed by atoms with Gasteiger partial charge in [-0.2, -0.15) is 5.10 Å². The highest BCUT2D eigenvalue weighted by Gasteiger charge is 2.38. The van der Waals surface area contributed by atoms with Gasteiger partial charge in [0.15, 0.2) is 5.82 Å². The van der Waals surface area contributed by atoms with Crippen molar-refractivity contribution in [3.8, 4) is 0 Å². The summed E-state index contributed by atoms with van der Waals surface area (Å²) in [5.74, 6) is -0.492. The molecule has 5 nitrogen and oxygen atoms in total. The number of hydrogen-bond donors (Lipinski definition) is 3. The molecular weight excluding hydrogens is 302 g/mol. The van der Waals surface area contributed by atoms with E-state index in [0.29, 0.717) is 25.8 Å². The molecule has 3 N–H and O–H groups in total. The van der Waals surface area contributed by atoms with E-state index in [9.17, 15) is 13.9 Å². The first kappa shape index (κ1) is 16.8. The first-order valence-corrected chi connectivity index (χ1v) is 8.67. The third-order valence-corrected chi connectivity index (χ3v) is 5.29. The number of aromatic amines is 1. The molecule has 130 valence electrons. The van der Waals surface area contributed by atoms with Crippen LogP contribution in [0.2, 0.25) is 0 Å². The first-order chi connectivity index (χ1) is 11.0. The van der Waals surface area contributed by atoms with E-state index in [4.69, 9.17) is 0 Å². The average Bonchev–Trinajstić information content (AvgIpc) is 3.13. The number of halogens is 2. The number of aromatic nitrogens is 3. The predicted octanol–water partition coefficient (Wildman–Crippen LogP) is 2.39. The van der Waals surface area contributed by atoms with Crippen molar-refractivity contribution < 1.29 is 13.9 Å². The van der Waals surface area contributed by atoms with E-state index in [1.807, 2.05) is 6.92 Å². The SMILES string of the molecule is CCc1nc([C@H]2C[C@H](CNC3CCC(F)(F)CC3)[C@H](O)C2)n[nH]1. The van der Waals surface area contributed by atoms with Crippen molar-refractivity contribution in [3.05, 3.63) is 11.6 Å². The van der Waals surface area contributed by atoms with E-state index in [1.54, 1.807) is 0 Å². The number of aryl methyl sites for hydroxylation is 1. The maximum absolute atomic E-state index is 13.2. The molecule has 2 saturated carbocycles. The number of aliphatic hydroxyl groups is 1. The summed E-state index contributed by atoms with van der Waals surface area (Å²) in [7, 11) is 0. The summed E-state index contributed by atoms with van der Waals surface area (Å²) in [5.41, 5.74) is 0. The number of aliphatic hydroxyl groups excluding tert-OH is 1. The molecule has 7 heteroatoms. The maximum atomic E-state index is 13.2. The highest BCUT2D eigenvalue weighted by molar-refractivity contribution is 5.04. The molecule has 0 amide bonds. The molecule has 2 aliphatic carbocycles. The van der Waals surface area contributed by atoms with Crippen LogP contribution in [0.3, 0.4) is 0 Å². The molecule has 3 rings (SSSR count). The smallest absolute Gasteiger partial charge is 0.248 e. The fourth-order valence-corrected chi connectivity index (χ4v) is 3.75. The Hall–Kier alpha value is -1.08. The van der Waals surface area contributed by atoms with E-state index in [0.717, 1.165) is 24.5 Å².